The molecule has 3 rings (SSSR count). The van der Waals surface area contributed by atoms with Crippen LogP contribution in [0, 0.1) is 23.6 Å². The Morgan fingerprint density at radius 3 is 2.52 bits per heavy atom. The number of nitrogens with one attached hydrogen (secondary N) is 1. The number of hydrogen-bond acceptors (Lipinski definition) is 2. The van der Waals surface area contributed by atoms with Crippen molar-refractivity contribution < 1.29 is 14.0 Å². The average molecular weight is 346 g/mol. The zero-order valence-corrected chi connectivity index (χ0v) is 14.8. The van der Waals surface area contributed by atoms with E-state index in [0.717, 1.165) is 44.3 Å². The maximum absolute atomic E-state index is 12.9. The highest BCUT2D eigenvalue weighted by Gasteiger charge is 2.37. The summed E-state index contributed by atoms with van der Waals surface area (Å²) >= 11 is 0. The molecule has 2 aliphatic rings. The Morgan fingerprint density at radius 2 is 1.88 bits per heavy atom. The lowest BCUT2D eigenvalue weighted by molar-refractivity contribution is -0.135. The molecule has 5 heteroatoms. The molecule has 0 spiro atoms. The van der Waals surface area contributed by atoms with Crippen molar-refractivity contribution in [1.82, 2.24) is 10.2 Å². The molecule has 0 bridgehead atoms. The second-order valence-corrected chi connectivity index (χ2v) is 7.38. The minimum Gasteiger partial charge on any atom is -0.352 e. The fourth-order valence-electron chi connectivity index (χ4n) is 3.71. The quantitative estimate of drug-likeness (QED) is 0.860. The molecular formula is C20H27FN2O2. The van der Waals surface area contributed by atoms with Gasteiger partial charge in [-0.1, -0.05) is 25.5 Å². The molecule has 2 atom stereocenters. The molecule has 25 heavy (non-hydrogen) atoms. The van der Waals surface area contributed by atoms with Crippen molar-refractivity contribution in [2.75, 3.05) is 13.1 Å². The summed E-state index contributed by atoms with van der Waals surface area (Å²) in [6, 6.07) is 6.18. The predicted octanol–water partition coefficient (Wildman–Crippen LogP) is 3.12. The van der Waals surface area contributed by atoms with Crippen LogP contribution in [-0.4, -0.2) is 29.8 Å². The Kier molecular flexibility index (Phi) is 5.71. The number of halogens is 1. The summed E-state index contributed by atoms with van der Waals surface area (Å²) in [6.45, 7) is 4.14. The normalized spacial score (nSPS) is 23.4. The highest BCUT2D eigenvalue weighted by Crippen LogP contribution is 2.35. The SMILES string of the molecule is CCC1CN(C(=O)C2CC2)CCC1CC(=O)NCc1ccc(F)cc1. The van der Waals surface area contributed by atoms with Gasteiger partial charge in [-0.15, -0.1) is 0 Å². The van der Waals surface area contributed by atoms with E-state index in [1.165, 1.54) is 12.1 Å². The van der Waals surface area contributed by atoms with Crippen LogP contribution >= 0.6 is 0 Å². The Bertz CT molecular complexity index is 613. The summed E-state index contributed by atoms with van der Waals surface area (Å²) in [4.78, 5) is 26.5. The summed E-state index contributed by atoms with van der Waals surface area (Å²) in [6.07, 6.45) is 4.49. The number of amides is 2. The van der Waals surface area contributed by atoms with E-state index in [-0.39, 0.29) is 17.6 Å². The maximum Gasteiger partial charge on any atom is 0.225 e. The molecule has 1 saturated heterocycles. The fraction of sp³-hybridized carbons (Fsp3) is 0.600. The first-order chi connectivity index (χ1) is 12.1. The third-order valence-electron chi connectivity index (χ3n) is 5.50. The topological polar surface area (TPSA) is 49.4 Å². The molecule has 0 radical (unpaired) electrons. The number of carbonyl (C=O) groups excluding carboxylic acids is 2. The van der Waals surface area contributed by atoms with E-state index in [9.17, 15) is 14.0 Å². The number of nitrogens with zero attached hydrogens (tertiary/aromatic N) is 1. The van der Waals surface area contributed by atoms with Crippen LogP contribution < -0.4 is 5.32 Å². The number of likely N-dealkylation sites (tertiary alicyclic amines) is 1. The van der Waals surface area contributed by atoms with Gasteiger partial charge < -0.3 is 10.2 Å². The van der Waals surface area contributed by atoms with Gasteiger partial charge in [0.15, 0.2) is 0 Å². The van der Waals surface area contributed by atoms with Gasteiger partial charge in [-0.05, 0) is 48.8 Å². The molecule has 1 heterocycles. The molecule has 2 fully saturated rings. The lowest BCUT2D eigenvalue weighted by Crippen LogP contribution is -2.45. The molecule has 2 unspecified atom stereocenters. The summed E-state index contributed by atoms with van der Waals surface area (Å²) in [5.74, 6) is 1.09. The monoisotopic (exact) mass is 346 g/mol. The molecular weight excluding hydrogens is 319 g/mol. The minimum atomic E-state index is -0.270. The van der Waals surface area contributed by atoms with Crippen LogP contribution in [0.5, 0.6) is 0 Å². The van der Waals surface area contributed by atoms with Crippen molar-refractivity contribution in [3.05, 3.63) is 35.6 Å². The Morgan fingerprint density at radius 1 is 1.16 bits per heavy atom. The number of hydrogen-bond donors (Lipinski definition) is 1. The Labute approximate surface area is 148 Å². The predicted molar refractivity (Wildman–Crippen MR) is 94.1 cm³/mol. The number of carbonyl (C=O) groups is 2. The summed E-state index contributed by atoms with van der Waals surface area (Å²) < 4.78 is 12.9. The van der Waals surface area contributed by atoms with E-state index in [4.69, 9.17) is 0 Å². The third-order valence-corrected chi connectivity index (χ3v) is 5.50. The van der Waals surface area contributed by atoms with E-state index in [0.29, 0.717) is 30.7 Å². The van der Waals surface area contributed by atoms with Crippen LogP contribution in [0.1, 0.15) is 44.6 Å². The zero-order chi connectivity index (χ0) is 17.8. The van der Waals surface area contributed by atoms with Gasteiger partial charge in [0.25, 0.3) is 0 Å². The molecule has 0 aromatic heterocycles. The molecule has 2 amide bonds. The zero-order valence-electron chi connectivity index (χ0n) is 14.8. The van der Waals surface area contributed by atoms with Gasteiger partial charge >= 0.3 is 0 Å². The number of benzene rings is 1. The van der Waals surface area contributed by atoms with E-state index in [1.54, 1.807) is 12.1 Å². The van der Waals surface area contributed by atoms with Crippen molar-refractivity contribution in [1.29, 1.82) is 0 Å². The molecule has 4 nitrogen and oxygen atoms in total. The van der Waals surface area contributed by atoms with Gasteiger partial charge in [0.05, 0.1) is 0 Å². The van der Waals surface area contributed by atoms with Crippen LogP contribution in [0.3, 0.4) is 0 Å². The van der Waals surface area contributed by atoms with Crippen molar-refractivity contribution in [2.24, 2.45) is 17.8 Å². The Balaban J connectivity index is 1.47. The fourth-order valence-corrected chi connectivity index (χ4v) is 3.71. The molecule has 1 aromatic rings. The first kappa shape index (κ1) is 17.9. The molecule has 1 aromatic carbocycles. The van der Waals surface area contributed by atoms with E-state index >= 15 is 0 Å². The van der Waals surface area contributed by atoms with E-state index < -0.39 is 0 Å². The first-order valence-electron chi connectivity index (χ1n) is 9.36. The number of rotatable bonds is 6. The van der Waals surface area contributed by atoms with E-state index in [1.807, 2.05) is 4.90 Å². The standard InChI is InChI=1S/C20H27FN2O2/c1-2-15-13-23(20(25)16-5-6-16)10-9-17(15)11-19(24)22-12-14-3-7-18(21)8-4-14/h3-4,7-8,15-17H,2,5-6,9-13H2,1H3,(H,22,24). The molecule has 1 aliphatic heterocycles. The van der Waals surface area contributed by atoms with Crippen LogP contribution in [0.2, 0.25) is 0 Å². The van der Waals surface area contributed by atoms with Gasteiger partial charge in [0, 0.05) is 32.0 Å². The van der Waals surface area contributed by atoms with Crippen LogP contribution in [0.25, 0.3) is 0 Å². The molecule has 136 valence electrons. The first-order valence-corrected chi connectivity index (χ1v) is 9.36. The lowest BCUT2D eigenvalue weighted by atomic mass is 9.81. The summed E-state index contributed by atoms with van der Waals surface area (Å²) in [5, 5.41) is 2.93. The second kappa shape index (κ2) is 7.98. The Hall–Kier alpha value is -1.91. The van der Waals surface area contributed by atoms with Crippen molar-refractivity contribution >= 4 is 11.8 Å². The number of piperidine rings is 1. The van der Waals surface area contributed by atoms with Crippen molar-refractivity contribution in [2.45, 2.75) is 45.6 Å². The average Bonchev–Trinajstić information content (AvgIpc) is 3.46. The lowest BCUT2D eigenvalue weighted by Gasteiger charge is -2.38. The van der Waals surface area contributed by atoms with Crippen molar-refractivity contribution in [3.63, 3.8) is 0 Å². The summed E-state index contributed by atoms with van der Waals surface area (Å²) in [5.41, 5.74) is 0.895. The highest BCUT2D eigenvalue weighted by molar-refractivity contribution is 5.81. The molecule has 1 N–H and O–H groups in total. The minimum absolute atomic E-state index is 0.0368. The smallest absolute Gasteiger partial charge is 0.225 e. The second-order valence-electron chi connectivity index (χ2n) is 7.38. The van der Waals surface area contributed by atoms with Gasteiger partial charge in [-0.2, -0.15) is 0 Å². The largest absolute Gasteiger partial charge is 0.352 e. The third kappa shape index (κ3) is 4.80. The van der Waals surface area contributed by atoms with Crippen LogP contribution in [0.15, 0.2) is 24.3 Å². The molecule has 1 saturated carbocycles. The van der Waals surface area contributed by atoms with Crippen molar-refractivity contribution in [3.8, 4) is 0 Å². The van der Waals surface area contributed by atoms with E-state index in [2.05, 4.69) is 12.2 Å². The van der Waals surface area contributed by atoms with Crippen LogP contribution in [-0.2, 0) is 16.1 Å². The van der Waals surface area contributed by atoms with Gasteiger partial charge in [0.2, 0.25) is 11.8 Å². The maximum atomic E-state index is 12.9. The summed E-state index contributed by atoms with van der Waals surface area (Å²) in [7, 11) is 0. The van der Waals surface area contributed by atoms with Crippen LogP contribution in [0.4, 0.5) is 4.39 Å². The highest BCUT2D eigenvalue weighted by atomic mass is 19.1. The van der Waals surface area contributed by atoms with Gasteiger partial charge in [-0.25, -0.2) is 4.39 Å². The van der Waals surface area contributed by atoms with Gasteiger partial charge in [0.1, 0.15) is 5.82 Å². The van der Waals surface area contributed by atoms with Gasteiger partial charge in [-0.3, -0.25) is 9.59 Å². The molecule has 1 aliphatic carbocycles.